The van der Waals surface area contributed by atoms with E-state index >= 15 is 0 Å². The summed E-state index contributed by atoms with van der Waals surface area (Å²) in [5.41, 5.74) is 2.00. The van der Waals surface area contributed by atoms with Gasteiger partial charge in [0, 0.05) is 18.7 Å². The van der Waals surface area contributed by atoms with Crippen molar-refractivity contribution in [3.63, 3.8) is 0 Å². The van der Waals surface area contributed by atoms with Crippen LogP contribution >= 0.6 is 0 Å². The second kappa shape index (κ2) is 13.3. The number of methoxy groups -OCH3 is 2. The van der Waals surface area contributed by atoms with Gasteiger partial charge in [-0.3, -0.25) is 9.59 Å². The fourth-order valence-electron chi connectivity index (χ4n) is 4.71. The lowest BCUT2D eigenvalue weighted by Crippen LogP contribution is -2.38. The van der Waals surface area contributed by atoms with Crippen molar-refractivity contribution in [3.8, 4) is 17.2 Å². The molecule has 0 saturated carbocycles. The molecule has 1 heterocycles. The van der Waals surface area contributed by atoms with Crippen molar-refractivity contribution in [2.45, 2.75) is 46.6 Å². The van der Waals surface area contributed by atoms with E-state index in [1.807, 2.05) is 6.92 Å². The fraction of sp³-hybridized carbons (Fsp3) is 0.467. The van der Waals surface area contributed by atoms with E-state index in [-0.39, 0.29) is 11.3 Å². The lowest BCUT2D eigenvalue weighted by Gasteiger charge is -2.28. The maximum atomic E-state index is 13.4. The van der Waals surface area contributed by atoms with E-state index in [1.165, 1.54) is 7.11 Å². The minimum absolute atomic E-state index is 0.0563. The number of Topliss-reactive ketones (excluding diaryl/α,β-unsaturated/α-hetero) is 1. The minimum atomic E-state index is -0.772. The van der Waals surface area contributed by atoms with Crippen molar-refractivity contribution in [3.05, 3.63) is 58.7 Å². The molecule has 38 heavy (non-hydrogen) atoms. The third-order valence-electron chi connectivity index (χ3n) is 7.02. The van der Waals surface area contributed by atoms with E-state index in [1.54, 1.807) is 48.4 Å². The number of likely N-dealkylation sites (N-methyl/N-ethyl adjacent to an activating group) is 1. The van der Waals surface area contributed by atoms with Gasteiger partial charge in [0.2, 0.25) is 0 Å². The number of nitrogens with zero attached hydrogens (tertiary/aromatic N) is 2. The van der Waals surface area contributed by atoms with Crippen LogP contribution in [0.2, 0.25) is 0 Å². The zero-order chi connectivity index (χ0) is 27.8. The summed E-state index contributed by atoms with van der Waals surface area (Å²) in [7, 11) is 3.08. The van der Waals surface area contributed by atoms with Gasteiger partial charge < -0.3 is 29.1 Å². The van der Waals surface area contributed by atoms with Crippen LogP contribution in [0, 0.1) is 6.92 Å². The molecule has 1 fully saturated rings. The van der Waals surface area contributed by atoms with E-state index in [9.17, 15) is 14.7 Å². The van der Waals surface area contributed by atoms with Crippen molar-refractivity contribution in [1.29, 1.82) is 0 Å². The van der Waals surface area contributed by atoms with Crippen molar-refractivity contribution < 1.29 is 28.9 Å². The molecule has 1 N–H and O–H groups in total. The summed E-state index contributed by atoms with van der Waals surface area (Å²) < 4.78 is 16.7. The number of hydrogen-bond donors (Lipinski definition) is 1. The second-order valence-electron chi connectivity index (χ2n) is 9.32. The topological polar surface area (TPSA) is 88.5 Å². The highest BCUT2D eigenvalue weighted by Gasteiger charge is 2.46. The Morgan fingerprint density at radius 2 is 1.66 bits per heavy atom. The van der Waals surface area contributed by atoms with Crippen LogP contribution in [-0.2, 0) is 9.59 Å². The van der Waals surface area contributed by atoms with Gasteiger partial charge in [-0.05, 0) is 67.9 Å². The Morgan fingerprint density at radius 3 is 2.26 bits per heavy atom. The maximum Gasteiger partial charge on any atom is 0.295 e. The maximum absolute atomic E-state index is 13.4. The van der Waals surface area contributed by atoms with Crippen LogP contribution in [0.25, 0.3) is 5.76 Å². The van der Waals surface area contributed by atoms with Crippen LogP contribution in [0.3, 0.4) is 0 Å². The Labute approximate surface area is 225 Å². The summed E-state index contributed by atoms with van der Waals surface area (Å²) in [6, 6.07) is 9.82. The van der Waals surface area contributed by atoms with Crippen LogP contribution in [0.1, 0.15) is 56.3 Å². The van der Waals surface area contributed by atoms with Gasteiger partial charge in [-0.15, -0.1) is 0 Å². The molecule has 0 unspecified atom stereocenters. The lowest BCUT2D eigenvalue weighted by atomic mass is 9.94. The van der Waals surface area contributed by atoms with Crippen molar-refractivity contribution in [2.75, 3.05) is 47.0 Å². The zero-order valence-electron chi connectivity index (χ0n) is 23.4. The number of unbranched alkanes of at least 4 members (excludes halogenated alkanes) is 1. The van der Waals surface area contributed by atoms with Crippen molar-refractivity contribution in [1.82, 2.24) is 9.80 Å². The summed E-state index contributed by atoms with van der Waals surface area (Å²) in [6.07, 6.45) is 1.98. The van der Waals surface area contributed by atoms with Crippen LogP contribution < -0.4 is 14.2 Å². The summed E-state index contributed by atoms with van der Waals surface area (Å²) in [6.45, 7) is 11.3. The Kier molecular flexibility index (Phi) is 10.2. The summed E-state index contributed by atoms with van der Waals surface area (Å²) in [5, 5.41) is 11.5. The number of carbonyl (C=O) groups is 2. The summed E-state index contributed by atoms with van der Waals surface area (Å²) in [5.74, 6) is 0.190. The number of carbonyl (C=O) groups excluding carboxylic acids is 2. The molecule has 1 aliphatic rings. The molecule has 0 bridgehead atoms. The summed E-state index contributed by atoms with van der Waals surface area (Å²) >= 11 is 0. The Hall–Kier alpha value is -3.52. The number of aryl methyl sites for hydroxylation is 1. The van der Waals surface area contributed by atoms with Gasteiger partial charge in [0.1, 0.15) is 11.5 Å². The minimum Gasteiger partial charge on any atom is -0.507 e. The number of likely N-dealkylation sites (tertiary alicyclic amines) is 1. The number of benzene rings is 2. The zero-order valence-corrected chi connectivity index (χ0v) is 23.4. The molecule has 2 aromatic carbocycles. The van der Waals surface area contributed by atoms with Crippen LogP contribution in [0.4, 0.5) is 0 Å². The van der Waals surface area contributed by atoms with Gasteiger partial charge in [0.25, 0.3) is 11.7 Å². The first-order valence-electron chi connectivity index (χ1n) is 13.3. The van der Waals surface area contributed by atoms with E-state index in [4.69, 9.17) is 14.2 Å². The number of amides is 1. The fourth-order valence-corrected chi connectivity index (χ4v) is 4.71. The van der Waals surface area contributed by atoms with Gasteiger partial charge >= 0.3 is 0 Å². The Morgan fingerprint density at radius 1 is 0.974 bits per heavy atom. The number of ketones is 1. The molecule has 1 aliphatic heterocycles. The number of aliphatic hydroxyl groups excluding tert-OH is 1. The Balaban J connectivity index is 2.10. The number of aliphatic hydroxyl groups is 1. The molecular formula is C30H40N2O6. The monoisotopic (exact) mass is 524 g/mol. The van der Waals surface area contributed by atoms with Crippen LogP contribution in [-0.4, -0.2) is 73.6 Å². The molecule has 0 spiro atoms. The average molecular weight is 525 g/mol. The van der Waals surface area contributed by atoms with E-state index < -0.39 is 17.7 Å². The molecule has 8 heteroatoms. The standard InChI is InChI=1S/C30H40N2O6/c1-7-10-17-38-23-13-12-22(18-20(23)4)28(33)26-27(21-11-14-24(36-5)25(19-21)37-6)32(30(35)29(26)34)16-15-31(8-2)9-3/h11-14,18-19,27,33H,7-10,15-17H2,1-6H3/t27-/m0/s1. The van der Waals surface area contributed by atoms with Crippen molar-refractivity contribution >= 4 is 17.4 Å². The first-order valence-corrected chi connectivity index (χ1v) is 13.3. The number of ether oxygens (including phenoxy) is 3. The van der Waals surface area contributed by atoms with Gasteiger partial charge in [-0.2, -0.15) is 0 Å². The third kappa shape index (κ3) is 6.13. The first kappa shape index (κ1) is 29.0. The van der Waals surface area contributed by atoms with Gasteiger partial charge in [0.15, 0.2) is 11.5 Å². The third-order valence-corrected chi connectivity index (χ3v) is 7.02. The van der Waals surface area contributed by atoms with Gasteiger partial charge in [-0.1, -0.05) is 33.3 Å². The molecule has 206 valence electrons. The van der Waals surface area contributed by atoms with Gasteiger partial charge in [-0.25, -0.2) is 0 Å². The second-order valence-corrected chi connectivity index (χ2v) is 9.32. The van der Waals surface area contributed by atoms with E-state index in [0.717, 1.165) is 37.2 Å². The highest BCUT2D eigenvalue weighted by Crippen LogP contribution is 2.42. The number of hydrogen-bond acceptors (Lipinski definition) is 7. The molecule has 1 atom stereocenters. The molecule has 0 radical (unpaired) electrons. The molecule has 3 rings (SSSR count). The SMILES string of the molecule is CCCCOc1ccc(C(O)=C2C(=O)C(=O)N(CCN(CC)CC)[C@H]2c2ccc(OC)c(OC)c2)cc1C. The average Bonchev–Trinajstić information content (AvgIpc) is 3.18. The largest absolute Gasteiger partial charge is 0.507 e. The molecule has 8 nitrogen and oxygen atoms in total. The summed E-state index contributed by atoms with van der Waals surface area (Å²) in [4.78, 5) is 30.4. The molecule has 0 aliphatic carbocycles. The quantitative estimate of drug-likeness (QED) is 0.172. The highest BCUT2D eigenvalue weighted by molar-refractivity contribution is 6.46. The molecule has 1 saturated heterocycles. The number of rotatable bonds is 13. The van der Waals surface area contributed by atoms with E-state index in [0.29, 0.717) is 42.3 Å². The predicted octanol–water partition coefficient (Wildman–Crippen LogP) is 4.95. The smallest absolute Gasteiger partial charge is 0.295 e. The highest BCUT2D eigenvalue weighted by atomic mass is 16.5. The molecular weight excluding hydrogens is 484 g/mol. The molecule has 2 aromatic rings. The van der Waals surface area contributed by atoms with Crippen molar-refractivity contribution in [2.24, 2.45) is 0 Å². The lowest BCUT2D eigenvalue weighted by molar-refractivity contribution is -0.140. The van der Waals surface area contributed by atoms with Gasteiger partial charge in [0.05, 0.1) is 32.4 Å². The first-order chi connectivity index (χ1) is 18.3. The Bertz CT molecular complexity index is 1170. The van der Waals surface area contributed by atoms with E-state index in [2.05, 4.69) is 25.7 Å². The molecule has 0 aromatic heterocycles. The van der Waals surface area contributed by atoms with Crippen LogP contribution in [0.15, 0.2) is 42.0 Å². The molecule has 1 amide bonds. The predicted molar refractivity (Wildman–Crippen MR) is 148 cm³/mol. The normalized spacial score (nSPS) is 16.8. The van der Waals surface area contributed by atoms with Crippen LogP contribution in [0.5, 0.6) is 17.2 Å².